The van der Waals surface area contributed by atoms with Crippen LogP contribution in [0.15, 0.2) is 42.5 Å². The summed E-state index contributed by atoms with van der Waals surface area (Å²) in [7, 11) is 1.69. The Morgan fingerprint density at radius 2 is 1.70 bits per heavy atom. The number of hydrogen-bond acceptors (Lipinski definition) is 5. The minimum atomic E-state index is -0.730. The molecule has 4 rings (SSSR count). The number of benzene rings is 2. The molecule has 1 saturated heterocycles. The van der Waals surface area contributed by atoms with Gasteiger partial charge in [-0.15, -0.1) is 0 Å². The van der Waals surface area contributed by atoms with Crippen molar-refractivity contribution in [2.75, 3.05) is 33.4 Å². The molecule has 0 bridgehead atoms. The Morgan fingerprint density at radius 3 is 2.37 bits per heavy atom. The van der Waals surface area contributed by atoms with Crippen molar-refractivity contribution in [2.45, 2.75) is 31.4 Å². The largest absolute Gasteiger partial charge is 0.496 e. The van der Waals surface area contributed by atoms with E-state index in [1.54, 1.807) is 7.11 Å². The fourth-order valence-electron chi connectivity index (χ4n) is 3.90. The molecule has 2 aliphatic heterocycles. The van der Waals surface area contributed by atoms with Crippen LogP contribution in [0.5, 0.6) is 17.2 Å². The second kappa shape index (κ2) is 7.79. The molecule has 5 nitrogen and oxygen atoms in total. The third kappa shape index (κ3) is 3.89. The third-order valence-electron chi connectivity index (χ3n) is 5.54. The molecule has 27 heavy (non-hydrogen) atoms. The van der Waals surface area contributed by atoms with E-state index < -0.39 is 5.60 Å². The van der Waals surface area contributed by atoms with Crippen molar-refractivity contribution in [2.24, 2.45) is 0 Å². The number of hydrogen-bond donors (Lipinski definition) is 1. The van der Waals surface area contributed by atoms with E-state index in [2.05, 4.69) is 4.90 Å². The zero-order valence-electron chi connectivity index (χ0n) is 15.8. The molecular weight excluding hydrogens is 342 g/mol. The molecule has 0 atom stereocenters. The van der Waals surface area contributed by atoms with Crippen LogP contribution in [0.4, 0.5) is 0 Å². The highest BCUT2D eigenvalue weighted by molar-refractivity contribution is 5.51. The van der Waals surface area contributed by atoms with Crippen LogP contribution in [-0.4, -0.2) is 43.4 Å². The summed E-state index contributed by atoms with van der Waals surface area (Å²) >= 11 is 0. The molecule has 2 aromatic carbocycles. The van der Waals surface area contributed by atoms with Gasteiger partial charge in [0.1, 0.15) is 5.75 Å². The van der Waals surface area contributed by atoms with Gasteiger partial charge in [-0.25, -0.2) is 0 Å². The highest BCUT2D eigenvalue weighted by Crippen LogP contribution is 2.38. The standard InChI is InChI=1S/C22H27NO4/c1-25-19-15-21-20(26-12-5-13-27-21)14-17(19)16-23-10-8-22(24,9-11-23)18-6-3-2-4-7-18/h2-4,6-7,14-15,24H,5,8-13,16H2,1H3. The number of fused-ring (bicyclic) bond motifs is 1. The predicted molar refractivity (Wildman–Crippen MR) is 103 cm³/mol. The molecule has 5 heteroatoms. The summed E-state index contributed by atoms with van der Waals surface area (Å²) < 4.78 is 17.2. The smallest absolute Gasteiger partial charge is 0.164 e. The minimum Gasteiger partial charge on any atom is -0.496 e. The zero-order valence-corrected chi connectivity index (χ0v) is 15.8. The topological polar surface area (TPSA) is 51.2 Å². The Morgan fingerprint density at radius 1 is 1.04 bits per heavy atom. The van der Waals surface area contributed by atoms with Crippen LogP contribution in [0.3, 0.4) is 0 Å². The Balaban J connectivity index is 1.47. The van der Waals surface area contributed by atoms with E-state index in [-0.39, 0.29) is 0 Å². The van der Waals surface area contributed by atoms with E-state index in [1.165, 1.54) is 0 Å². The molecule has 0 amide bonds. The quantitative estimate of drug-likeness (QED) is 0.896. The molecule has 2 aliphatic rings. The number of likely N-dealkylation sites (tertiary alicyclic amines) is 1. The van der Waals surface area contributed by atoms with Crippen molar-refractivity contribution >= 4 is 0 Å². The normalized spacial score (nSPS) is 19.3. The Kier molecular flexibility index (Phi) is 5.23. The summed E-state index contributed by atoms with van der Waals surface area (Å²) in [6.45, 7) is 3.78. The van der Waals surface area contributed by atoms with Crippen LogP contribution in [0, 0.1) is 0 Å². The van der Waals surface area contributed by atoms with Gasteiger partial charge in [0.15, 0.2) is 11.5 Å². The Hall–Kier alpha value is -2.24. The highest BCUT2D eigenvalue weighted by Gasteiger charge is 2.34. The molecule has 0 spiro atoms. The Labute approximate surface area is 160 Å². The van der Waals surface area contributed by atoms with Crippen molar-refractivity contribution in [3.63, 3.8) is 0 Å². The van der Waals surface area contributed by atoms with Crippen molar-refractivity contribution in [3.8, 4) is 17.2 Å². The summed E-state index contributed by atoms with van der Waals surface area (Å²) in [4.78, 5) is 2.36. The zero-order chi connectivity index (χ0) is 18.7. The van der Waals surface area contributed by atoms with E-state index in [0.717, 1.165) is 67.3 Å². The first-order valence-corrected chi connectivity index (χ1v) is 9.65. The second-order valence-corrected chi connectivity index (χ2v) is 7.34. The SMILES string of the molecule is COc1cc2c(cc1CN1CCC(O)(c3ccccc3)CC1)OCCCO2. The summed E-state index contributed by atoms with van der Waals surface area (Å²) in [6.07, 6.45) is 2.34. The molecule has 2 heterocycles. The van der Waals surface area contributed by atoms with Crippen LogP contribution >= 0.6 is 0 Å². The fraction of sp³-hybridized carbons (Fsp3) is 0.455. The van der Waals surface area contributed by atoms with Gasteiger partial charge in [-0.2, -0.15) is 0 Å². The summed E-state index contributed by atoms with van der Waals surface area (Å²) in [6, 6.07) is 14.0. The van der Waals surface area contributed by atoms with Gasteiger partial charge < -0.3 is 19.3 Å². The fourth-order valence-corrected chi connectivity index (χ4v) is 3.90. The number of methoxy groups -OCH3 is 1. The maximum atomic E-state index is 11.0. The first-order valence-electron chi connectivity index (χ1n) is 9.65. The molecular formula is C22H27NO4. The van der Waals surface area contributed by atoms with Gasteiger partial charge in [-0.05, 0) is 24.5 Å². The van der Waals surface area contributed by atoms with Gasteiger partial charge in [0, 0.05) is 37.7 Å². The molecule has 0 aliphatic carbocycles. The Bertz CT molecular complexity index is 769. The van der Waals surface area contributed by atoms with Gasteiger partial charge in [-0.1, -0.05) is 30.3 Å². The first-order chi connectivity index (χ1) is 13.2. The lowest BCUT2D eigenvalue weighted by Crippen LogP contribution is -2.42. The van der Waals surface area contributed by atoms with Gasteiger partial charge in [0.2, 0.25) is 0 Å². The average molecular weight is 369 g/mol. The van der Waals surface area contributed by atoms with Crippen molar-refractivity contribution in [3.05, 3.63) is 53.6 Å². The van der Waals surface area contributed by atoms with Crippen molar-refractivity contribution in [1.29, 1.82) is 0 Å². The third-order valence-corrected chi connectivity index (χ3v) is 5.54. The van der Waals surface area contributed by atoms with Gasteiger partial charge >= 0.3 is 0 Å². The number of nitrogens with zero attached hydrogens (tertiary/aromatic N) is 1. The second-order valence-electron chi connectivity index (χ2n) is 7.34. The van der Waals surface area contributed by atoms with Crippen LogP contribution in [0.2, 0.25) is 0 Å². The maximum Gasteiger partial charge on any atom is 0.164 e. The van der Waals surface area contributed by atoms with E-state index in [0.29, 0.717) is 13.2 Å². The molecule has 144 valence electrons. The van der Waals surface area contributed by atoms with Crippen LogP contribution in [0.1, 0.15) is 30.4 Å². The average Bonchev–Trinajstić information content (AvgIpc) is 2.94. The van der Waals surface area contributed by atoms with Gasteiger partial charge in [-0.3, -0.25) is 4.90 Å². The highest BCUT2D eigenvalue weighted by atomic mass is 16.5. The van der Waals surface area contributed by atoms with Crippen LogP contribution < -0.4 is 14.2 Å². The molecule has 0 unspecified atom stereocenters. The van der Waals surface area contributed by atoms with Crippen LogP contribution in [-0.2, 0) is 12.1 Å². The number of rotatable bonds is 4. The van der Waals surface area contributed by atoms with E-state index in [4.69, 9.17) is 14.2 Å². The lowest BCUT2D eigenvalue weighted by atomic mass is 9.84. The van der Waals surface area contributed by atoms with E-state index >= 15 is 0 Å². The molecule has 0 saturated carbocycles. The summed E-state index contributed by atoms with van der Waals surface area (Å²) in [5, 5.41) is 11.0. The molecule has 0 aromatic heterocycles. The van der Waals surface area contributed by atoms with Crippen molar-refractivity contribution < 1.29 is 19.3 Å². The van der Waals surface area contributed by atoms with Gasteiger partial charge in [0.05, 0.1) is 25.9 Å². The number of piperidine rings is 1. The first kappa shape index (κ1) is 18.1. The molecule has 2 aromatic rings. The van der Waals surface area contributed by atoms with E-state index in [9.17, 15) is 5.11 Å². The van der Waals surface area contributed by atoms with E-state index in [1.807, 2.05) is 42.5 Å². The van der Waals surface area contributed by atoms with Crippen LogP contribution in [0.25, 0.3) is 0 Å². The monoisotopic (exact) mass is 369 g/mol. The number of ether oxygens (including phenoxy) is 3. The molecule has 1 fully saturated rings. The lowest BCUT2D eigenvalue weighted by molar-refractivity contribution is -0.0278. The van der Waals surface area contributed by atoms with Crippen molar-refractivity contribution in [1.82, 2.24) is 4.90 Å². The maximum absolute atomic E-state index is 11.0. The minimum absolute atomic E-state index is 0.666. The molecule has 1 N–H and O–H groups in total. The lowest BCUT2D eigenvalue weighted by Gasteiger charge is -2.38. The predicted octanol–water partition coefficient (Wildman–Crippen LogP) is 3.34. The molecule has 0 radical (unpaired) electrons. The summed E-state index contributed by atoms with van der Waals surface area (Å²) in [5.74, 6) is 2.37. The summed E-state index contributed by atoms with van der Waals surface area (Å²) in [5.41, 5.74) is 1.37. The van der Waals surface area contributed by atoms with Gasteiger partial charge in [0.25, 0.3) is 0 Å². The number of aliphatic hydroxyl groups is 1.